The van der Waals surface area contributed by atoms with Crippen LogP contribution >= 0.6 is 0 Å². The normalized spacial score (nSPS) is 19.2. The maximum absolute atomic E-state index is 5.05. The van der Waals surface area contributed by atoms with E-state index in [0.29, 0.717) is 11.8 Å². The lowest BCUT2D eigenvalue weighted by molar-refractivity contribution is 0.280. The van der Waals surface area contributed by atoms with Crippen molar-refractivity contribution in [3.05, 3.63) is 46.7 Å². The molecule has 0 saturated heterocycles. The summed E-state index contributed by atoms with van der Waals surface area (Å²) in [6.07, 6.45) is 12.4. The summed E-state index contributed by atoms with van der Waals surface area (Å²) >= 11 is 0. The maximum atomic E-state index is 5.05. The van der Waals surface area contributed by atoms with Crippen LogP contribution in [0.15, 0.2) is 18.7 Å². The molecule has 4 aromatic rings. The molecule has 180 valence electrons. The molecule has 1 aliphatic rings. The second-order valence-corrected chi connectivity index (χ2v) is 11.3. The first kappa shape index (κ1) is 23.1. The van der Waals surface area contributed by atoms with Gasteiger partial charge in [0.25, 0.3) is 0 Å². The third-order valence-corrected chi connectivity index (χ3v) is 8.17. The molecule has 4 aromatic heterocycles. The van der Waals surface area contributed by atoms with Gasteiger partial charge in [-0.2, -0.15) is 5.10 Å². The SMILES string of the molecule is Cc1c(-c2[nH]c3cnc(C4CCC(CC(C)C)CC4)c(C)c3c2C(C)C)cn2ncnc2c1C. The van der Waals surface area contributed by atoms with Gasteiger partial charge in [0.1, 0.15) is 6.33 Å². The number of hydrogen-bond donors (Lipinski definition) is 1. The number of aryl methyl sites for hydroxylation is 2. The van der Waals surface area contributed by atoms with E-state index in [1.807, 2.05) is 4.52 Å². The summed E-state index contributed by atoms with van der Waals surface area (Å²) in [5.74, 6) is 2.67. The molecule has 0 unspecified atom stereocenters. The van der Waals surface area contributed by atoms with Crippen molar-refractivity contribution in [2.24, 2.45) is 11.8 Å². The van der Waals surface area contributed by atoms with Crippen molar-refractivity contribution in [1.82, 2.24) is 24.6 Å². The fourth-order valence-corrected chi connectivity index (χ4v) is 6.39. The molecule has 1 saturated carbocycles. The van der Waals surface area contributed by atoms with Crippen LogP contribution < -0.4 is 0 Å². The molecule has 5 nitrogen and oxygen atoms in total. The summed E-state index contributed by atoms with van der Waals surface area (Å²) in [5, 5.41) is 5.80. The maximum Gasteiger partial charge on any atom is 0.158 e. The minimum absolute atomic E-state index is 0.394. The Balaban J connectivity index is 1.60. The van der Waals surface area contributed by atoms with Gasteiger partial charge in [0.2, 0.25) is 0 Å². The van der Waals surface area contributed by atoms with E-state index in [2.05, 4.69) is 75.9 Å². The third kappa shape index (κ3) is 3.83. The van der Waals surface area contributed by atoms with Crippen molar-refractivity contribution in [2.45, 2.75) is 92.4 Å². The smallest absolute Gasteiger partial charge is 0.158 e. The van der Waals surface area contributed by atoms with Crippen molar-refractivity contribution < 1.29 is 0 Å². The van der Waals surface area contributed by atoms with E-state index in [1.54, 1.807) is 6.33 Å². The van der Waals surface area contributed by atoms with E-state index in [0.717, 1.165) is 23.0 Å². The number of nitrogens with one attached hydrogen (secondary N) is 1. The summed E-state index contributed by atoms with van der Waals surface area (Å²) in [7, 11) is 0. The summed E-state index contributed by atoms with van der Waals surface area (Å²) < 4.78 is 1.90. The molecular weight excluding hydrogens is 418 g/mol. The van der Waals surface area contributed by atoms with Gasteiger partial charge >= 0.3 is 0 Å². The molecule has 34 heavy (non-hydrogen) atoms. The van der Waals surface area contributed by atoms with E-state index in [-0.39, 0.29) is 0 Å². The molecule has 0 aromatic carbocycles. The summed E-state index contributed by atoms with van der Waals surface area (Å²) in [6, 6.07) is 0. The standard InChI is InChI=1S/C29H39N5/c1-16(2)12-21-8-10-22(11-9-21)27-20(7)26-24(13-30-27)33-28(25(26)17(3)4)23-14-34-29(31-15-32-34)19(6)18(23)5/h13-17,21-22,33H,8-12H2,1-7H3. The number of rotatable bonds is 5. The highest BCUT2D eigenvalue weighted by Crippen LogP contribution is 2.43. The van der Waals surface area contributed by atoms with Gasteiger partial charge in [-0.25, -0.2) is 9.50 Å². The average Bonchev–Trinajstić information content (AvgIpc) is 3.42. The van der Waals surface area contributed by atoms with Gasteiger partial charge in [0.05, 0.1) is 17.4 Å². The lowest BCUT2D eigenvalue weighted by atomic mass is 9.76. The number of fused-ring (bicyclic) bond motifs is 2. The van der Waals surface area contributed by atoms with Crippen molar-refractivity contribution in [3.8, 4) is 11.3 Å². The van der Waals surface area contributed by atoms with Crippen LogP contribution in [0.5, 0.6) is 0 Å². The number of aromatic amines is 1. The highest BCUT2D eigenvalue weighted by molar-refractivity contribution is 5.94. The first-order valence-electron chi connectivity index (χ1n) is 13.1. The second-order valence-electron chi connectivity index (χ2n) is 11.3. The Hall–Kier alpha value is -2.69. The molecule has 1 N–H and O–H groups in total. The van der Waals surface area contributed by atoms with Gasteiger partial charge in [0, 0.05) is 28.8 Å². The molecule has 4 heterocycles. The molecule has 1 fully saturated rings. The van der Waals surface area contributed by atoms with Crippen molar-refractivity contribution in [2.75, 3.05) is 0 Å². The zero-order valence-corrected chi connectivity index (χ0v) is 21.9. The average molecular weight is 458 g/mol. The third-order valence-electron chi connectivity index (χ3n) is 8.17. The summed E-state index contributed by atoms with van der Waals surface area (Å²) in [5.41, 5.74) is 11.0. The quantitative estimate of drug-likeness (QED) is 0.335. The Bertz CT molecular complexity index is 1330. The molecule has 1 aliphatic carbocycles. The fraction of sp³-hybridized carbons (Fsp3) is 0.552. The predicted molar refractivity (Wildman–Crippen MR) is 141 cm³/mol. The number of H-pyrrole nitrogens is 1. The minimum Gasteiger partial charge on any atom is -0.353 e. The van der Waals surface area contributed by atoms with Gasteiger partial charge in [-0.05, 0) is 92.9 Å². The second kappa shape index (κ2) is 8.83. The Labute approximate surface area is 203 Å². The number of pyridine rings is 2. The van der Waals surface area contributed by atoms with Crippen LogP contribution in [0.2, 0.25) is 0 Å². The number of hydrogen-bond acceptors (Lipinski definition) is 3. The molecule has 0 aliphatic heterocycles. The first-order chi connectivity index (χ1) is 16.3. The van der Waals surface area contributed by atoms with Gasteiger partial charge in [-0.1, -0.05) is 27.7 Å². The molecular formula is C29H39N5. The molecule has 0 spiro atoms. The molecule has 0 radical (unpaired) electrons. The zero-order chi connectivity index (χ0) is 24.1. The van der Waals surface area contributed by atoms with Crippen LogP contribution in [-0.2, 0) is 0 Å². The molecule has 0 amide bonds. The first-order valence-corrected chi connectivity index (χ1v) is 13.1. The topological polar surface area (TPSA) is 58.9 Å². The minimum atomic E-state index is 0.394. The largest absolute Gasteiger partial charge is 0.353 e. The van der Waals surface area contributed by atoms with Crippen LogP contribution in [0, 0.1) is 32.6 Å². The fourth-order valence-electron chi connectivity index (χ4n) is 6.39. The Kier molecular flexibility index (Phi) is 5.99. The number of nitrogens with zero attached hydrogens (tertiary/aromatic N) is 4. The highest BCUT2D eigenvalue weighted by atomic mass is 15.3. The van der Waals surface area contributed by atoms with E-state index >= 15 is 0 Å². The van der Waals surface area contributed by atoms with E-state index in [4.69, 9.17) is 4.98 Å². The molecule has 0 atom stereocenters. The Morgan fingerprint density at radius 3 is 2.38 bits per heavy atom. The van der Waals surface area contributed by atoms with Gasteiger partial charge in [-0.3, -0.25) is 4.98 Å². The van der Waals surface area contributed by atoms with E-state index < -0.39 is 0 Å². The van der Waals surface area contributed by atoms with Crippen LogP contribution in [0.1, 0.15) is 99.6 Å². The lowest BCUT2D eigenvalue weighted by Crippen LogP contribution is -2.16. The van der Waals surface area contributed by atoms with Gasteiger partial charge in [0.15, 0.2) is 5.65 Å². The molecule has 0 bridgehead atoms. The predicted octanol–water partition coefficient (Wildman–Crippen LogP) is 7.64. The van der Waals surface area contributed by atoms with Crippen LogP contribution in [0.25, 0.3) is 27.8 Å². The lowest BCUT2D eigenvalue weighted by Gasteiger charge is -2.30. The monoisotopic (exact) mass is 457 g/mol. The van der Waals surface area contributed by atoms with Crippen molar-refractivity contribution in [3.63, 3.8) is 0 Å². The number of aromatic nitrogens is 5. The van der Waals surface area contributed by atoms with Crippen LogP contribution in [0.3, 0.4) is 0 Å². The van der Waals surface area contributed by atoms with Crippen LogP contribution in [-0.4, -0.2) is 24.6 Å². The molecule has 5 rings (SSSR count). The van der Waals surface area contributed by atoms with Gasteiger partial charge < -0.3 is 4.98 Å². The van der Waals surface area contributed by atoms with Crippen molar-refractivity contribution in [1.29, 1.82) is 0 Å². The highest BCUT2D eigenvalue weighted by Gasteiger charge is 2.28. The Morgan fingerprint density at radius 2 is 1.71 bits per heavy atom. The van der Waals surface area contributed by atoms with E-state index in [1.165, 1.54) is 76.7 Å². The summed E-state index contributed by atoms with van der Waals surface area (Å²) in [6.45, 7) is 16.0. The van der Waals surface area contributed by atoms with Crippen molar-refractivity contribution >= 4 is 16.6 Å². The summed E-state index contributed by atoms with van der Waals surface area (Å²) in [4.78, 5) is 13.3. The van der Waals surface area contributed by atoms with E-state index in [9.17, 15) is 0 Å². The van der Waals surface area contributed by atoms with Crippen LogP contribution in [0.4, 0.5) is 0 Å². The Morgan fingerprint density at radius 1 is 0.971 bits per heavy atom. The van der Waals surface area contributed by atoms with Gasteiger partial charge in [-0.15, -0.1) is 0 Å². The zero-order valence-electron chi connectivity index (χ0n) is 21.9. The molecule has 5 heteroatoms.